The summed E-state index contributed by atoms with van der Waals surface area (Å²) in [5, 5.41) is 2.84. The average Bonchev–Trinajstić information content (AvgIpc) is 2.74. The summed E-state index contributed by atoms with van der Waals surface area (Å²) in [6.07, 6.45) is 3.24. The number of halogens is 2. The van der Waals surface area contributed by atoms with Crippen LogP contribution >= 0.6 is 23.8 Å². The first-order valence-corrected chi connectivity index (χ1v) is 8.33. The molecule has 1 aromatic rings. The summed E-state index contributed by atoms with van der Waals surface area (Å²) < 4.78 is 13.1. The van der Waals surface area contributed by atoms with Gasteiger partial charge in [-0.1, -0.05) is 18.0 Å². The lowest BCUT2D eigenvalue weighted by Gasteiger charge is -2.20. The largest absolute Gasteiger partial charge is 0.333 e. The Morgan fingerprint density at radius 2 is 2.08 bits per heavy atom. The lowest BCUT2D eigenvalue weighted by atomic mass is 10.2. The third-order valence-electron chi connectivity index (χ3n) is 3.50. The molecule has 6 nitrogen and oxygen atoms in total. The Balaban J connectivity index is 1.77. The molecule has 0 spiro atoms. The minimum absolute atomic E-state index is 0.00990. The standard InChI is InChI=1S/C15H18ClFN4O2S/c16-11-8-10(5-6-12(11)17)18-15(24)20-19-13(22)9-21-7-3-1-2-4-14(21)23/h5-6,8H,1-4,7,9H2,(H,19,22)(H2,18,20,24). The number of hydrogen-bond acceptors (Lipinski definition) is 3. The van der Waals surface area contributed by atoms with Crippen molar-refractivity contribution in [1.29, 1.82) is 0 Å². The van der Waals surface area contributed by atoms with Crippen LogP contribution in [0, 0.1) is 5.82 Å². The molecular weight excluding hydrogens is 355 g/mol. The van der Waals surface area contributed by atoms with E-state index < -0.39 is 5.82 Å². The number of nitrogens with zero attached hydrogens (tertiary/aromatic N) is 1. The number of anilines is 1. The van der Waals surface area contributed by atoms with Crippen LogP contribution in [0.25, 0.3) is 0 Å². The molecule has 24 heavy (non-hydrogen) atoms. The van der Waals surface area contributed by atoms with Crippen molar-refractivity contribution in [2.75, 3.05) is 18.4 Å². The highest BCUT2D eigenvalue weighted by atomic mass is 35.5. The molecule has 0 bridgehead atoms. The van der Waals surface area contributed by atoms with E-state index in [2.05, 4.69) is 16.2 Å². The highest BCUT2D eigenvalue weighted by Crippen LogP contribution is 2.19. The van der Waals surface area contributed by atoms with Crippen LogP contribution in [0.4, 0.5) is 10.1 Å². The number of rotatable bonds is 3. The maximum atomic E-state index is 13.1. The lowest BCUT2D eigenvalue weighted by molar-refractivity contribution is -0.135. The van der Waals surface area contributed by atoms with E-state index >= 15 is 0 Å². The van der Waals surface area contributed by atoms with E-state index in [-0.39, 0.29) is 28.5 Å². The zero-order valence-corrected chi connectivity index (χ0v) is 14.5. The molecule has 0 atom stereocenters. The second-order valence-corrected chi connectivity index (χ2v) is 6.20. The first-order valence-electron chi connectivity index (χ1n) is 7.54. The molecule has 2 rings (SSSR count). The van der Waals surface area contributed by atoms with Gasteiger partial charge in [0.15, 0.2) is 5.11 Å². The van der Waals surface area contributed by atoms with Crippen LogP contribution in [-0.4, -0.2) is 34.9 Å². The van der Waals surface area contributed by atoms with Crippen molar-refractivity contribution >= 4 is 46.4 Å². The molecule has 9 heteroatoms. The topological polar surface area (TPSA) is 73.5 Å². The summed E-state index contributed by atoms with van der Waals surface area (Å²) in [5.41, 5.74) is 5.44. The zero-order valence-electron chi connectivity index (χ0n) is 12.9. The Morgan fingerprint density at radius 3 is 2.83 bits per heavy atom. The fraction of sp³-hybridized carbons (Fsp3) is 0.400. The summed E-state index contributed by atoms with van der Waals surface area (Å²) in [6, 6.07) is 4.05. The summed E-state index contributed by atoms with van der Waals surface area (Å²) in [7, 11) is 0. The third kappa shape index (κ3) is 5.61. The Hall–Kier alpha value is -1.93. The van der Waals surface area contributed by atoms with Crippen molar-refractivity contribution in [2.24, 2.45) is 0 Å². The van der Waals surface area contributed by atoms with Crippen LogP contribution in [0.2, 0.25) is 5.02 Å². The minimum Gasteiger partial charge on any atom is -0.333 e. The van der Waals surface area contributed by atoms with Crippen LogP contribution in [0.3, 0.4) is 0 Å². The van der Waals surface area contributed by atoms with E-state index in [1.165, 1.54) is 18.2 Å². The number of thiocarbonyl (C=S) groups is 1. The van der Waals surface area contributed by atoms with Crippen LogP contribution in [0.1, 0.15) is 25.7 Å². The van der Waals surface area contributed by atoms with Gasteiger partial charge in [0.1, 0.15) is 12.4 Å². The molecule has 1 heterocycles. The SMILES string of the molecule is O=C(CN1CCCCCC1=O)NNC(=S)Nc1ccc(F)c(Cl)c1. The molecule has 0 radical (unpaired) electrons. The fourth-order valence-corrected chi connectivity index (χ4v) is 2.63. The van der Waals surface area contributed by atoms with Gasteiger partial charge in [-0.3, -0.25) is 20.4 Å². The molecule has 1 fully saturated rings. The summed E-state index contributed by atoms with van der Waals surface area (Å²) in [4.78, 5) is 25.3. The smallest absolute Gasteiger partial charge is 0.257 e. The lowest BCUT2D eigenvalue weighted by Crippen LogP contribution is -2.48. The van der Waals surface area contributed by atoms with Crippen LogP contribution in [0.15, 0.2) is 18.2 Å². The fourth-order valence-electron chi connectivity index (χ4n) is 2.28. The number of amides is 2. The van der Waals surface area contributed by atoms with Gasteiger partial charge in [0.05, 0.1) is 5.02 Å². The van der Waals surface area contributed by atoms with Gasteiger partial charge in [0, 0.05) is 18.7 Å². The van der Waals surface area contributed by atoms with Crippen LogP contribution in [0.5, 0.6) is 0 Å². The highest BCUT2D eigenvalue weighted by Gasteiger charge is 2.19. The van der Waals surface area contributed by atoms with Gasteiger partial charge < -0.3 is 10.2 Å². The molecule has 0 saturated carbocycles. The minimum atomic E-state index is -0.531. The Kier molecular flexibility index (Phi) is 6.74. The molecule has 1 aliphatic heterocycles. The van der Waals surface area contributed by atoms with Crippen molar-refractivity contribution in [1.82, 2.24) is 15.8 Å². The monoisotopic (exact) mass is 372 g/mol. The zero-order chi connectivity index (χ0) is 17.5. The van der Waals surface area contributed by atoms with Crippen molar-refractivity contribution in [3.63, 3.8) is 0 Å². The van der Waals surface area contributed by atoms with Crippen molar-refractivity contribution in [3.8, 4) is 0 Å². The normalized spacial score (nSPS) is 14.8. The number of carbonyl (C=O) groups excluding carboxylic acids is 2. The molecule has 2 amide bonds. The Morgan fingerprint density at radius 1 is 1.29 bits per heavy atom. The van der Waals surface area contributed by atoms with E-state index in [0.717, 1.165) is 19.3 Å². The van der Waals surface area contributed by atoms with Crippen LogP contribution < -0.4 is 16.2 Å². The summed E-state index contributed by atoms with van der Waals surface area (Å²) in [6.45, 7) is 0.569. The molecule has 1 aromatic carbocycles. The quantitative estimate of drug-likeness (QED) is 0.560. The predicted molar refractivity (Wildman–Crippen MR) is 94.0 cm³/mol. The van der Waals surface area contributed by atoms with Gasteiger partial charge in [-0.2, -0.15) is 0 Å². The van der Waals surface area contributed by atoms with E-state index in [1.807, 2.05) is 0 Å². The molecule has 130 valence electrons. The Labute approximate surface area is 149 Å². The number of hydrogen-bond donors (Lipinski definition) is 3. The van der Waals surface area contributed by atoms with E-state index in [0.29, 0.717) is 18.7 Å². The summed E-state index contributed by atoms with van der Waals surface area (Å²) in [5.74, 6) is -0.910. The molecule has 0 aliphatic carbocycles. The van der Waals surface area contributed by atoms with E-state index in [4.69, 9.17) is 23.8 Å². The summed E-state index contributed by atoms with van der Waals surface area (Å²) >= 11 is 10.7. The van der Waals surface area contributed by atoms with E-state index in [1.54, 1.807) is 4.90 Å². The Bertz CT molecular complexity index is 644. The second kappa shape index (κ2) is 8.79. The van der Waals surface area contributed by atoms with E-state index in [9.17, 15) is 14.0 Å². The van der Waals surface area contributed by atoms with Gasteiger partial charge in [-0.05, 0) is 43.3 Å². The number of likely N-dealkylation sites (tertiary alicyclic amines) is 1. The van der Waals surface area contributed by atoms with Crippen molar-refractivity contribution in [3.05, 3.63) is 29.0 Å². The maximum Gasteiger partial charge on any atom is 0.257 e. The third-order valence-corrected chi connectivity index (χ3v) is 3.99. The molecule has 1 saturated heterocycles. The van der Waals surface area contributed by atoms with Crippen LogP contribution in [-0.2, 0) is 9.59 Å². The highest BCUT2D eigenvalue weighted by molar-refractivity contribution is 7.80. The van der Waals surface area contributed by atoms with Crippen molar-refractivity contribution in [2.45, 2.75) is 25.7 Å². The molecule has 0 aromatic heterocycles. The first kappa shape index (κ1) is 18.4. The maximum absolute atomic E-state index is 13.1. The number of hydrazine groups is 1. The van der Waals surface area contributed by atoms with Crippen molar-refractivity contribution < 1.29 is 14.0 Å². The second-order valence-electron chi connectivity index (χ2n) is 5.38. The predicted octanol–water partition coefficient (Wildman–Crippen LogP) is 2.20. The van der Waals surface area contributed by atoms with Gasteiger partial charge in [-0.25, -0.2) is 4.39 Å². The number of benzene rings is 1. The molecular formula is C15H18ClFN4O2S. The van der Waals surface area contributed by atoms with Gasteiger partial charge in [0.25, 0.3) is 5.91 Å². The molecule has 0 unspecified atom stereocenters. The van der Waals surface area contributed by atoms with Gasteiger partial charge in [0.2, 0.25) is 5.91 Å². The average molecular weight is 373 g/mol. The van der Waals surface area contributed by atoms with Gasteiger partial charge >= 0.3 is 0 Å². The van der Waals surface area contributed by atoms with Gasteiger partial charge in [-0.15, -0.1) is 0 Å². The molecule has 3 N–H and O–H groups in total. The molecule has 1 aliphatic rings. The number of nitrogens with one attached hydrogen (secondary N) is 3. The number of carbonyl (C=O) groups is 2. The first-order chi connectivity index (χ1) is 11.5.